The Hall–Kier alpha value is -3.49. The lowest BCUT2D eigenvalue weighted by Gasteiger charge is -2.36. The summed E-state index contributed by atoms with van der Waals surface area (Å²) in [6.07, 6.45) is -2.39. The van der Waals surface area contributed by atoms with E-state index in [1.165, 1.54) is 0 Å². The first-order chi connectivity index (χ1) is 15.7. The molecule has 0 aromatic heterocycles. The van der Waals surface area contributed by atoms with Crippen LogP contribution in [0.2, 0.25) is 0 Å². The number of amides is 2. The molecule has 0 radical (unpaired) electrons. The largest absolute Gasteiger partial charge is 0.481 e. The second-order valence-corrected chi connectivity index (χ2v) is 8.42. The summed E-state index contributed by atoms with van der Waals surface area (Å²) in [5, 5.41) is 13.8. The third-order valence-electron chi connectivity index (χ3n) is 6.04. The van der Waals surface area contributed by atoms with Crippen LogP contribution in [0.25, 0.3) is 11.1 Å². The van der Waals surface area contributed by atoms with E-state index in [0.717, 1.165) is 22.3 Å². The van der Waals surface area contributed by atoms with E-state index in [0.29, 0.717) is 0 Å². The smallest absolute Gasteiger partial charge is 0.407 e. The highest BCUT2D eigenvalue weighted by atomic mass is 19.3. The first kappa shape index (κ1) is 22.7. The minimum atomic E-state index is -2.81. The van der Waals surface area contributed by atoms with Gasteiger partial charge in [-0.25, -0.2) is 13.6 Å². The van der Waals surface area contributed by atoms with Gasteiger partial charge in [-0.15, -0.1) is 0 Å². The van der Waals surface area contributed by atoms with Crippen molar-refractivity contribution in [2.24, 2.45) is 0 Å². The Morgan fingerprint density at radius 3 is 2.15 bits per heavy atom. The molecule has 9 heteroatoms. The summed E-state index contributed by atoms with van der Waals surface area (Å²) in [7, 11) is 0. The average molecular weight is 458 g/mol. The van der Waals surface area contributed by atoms with Gasteiger partial charge in [0.05, 0.1) is 0 Å². The van der Waals surface area contributed by atoms with Crippen LogP contribution in [0.3, 0.4) is 0 Å². The Bertz CT molecular complexity index is 1020. The number of carbonyl (C=O) groups excluding carboxylic acids is 2. The van der Waals surface area contributed by atoms with Gasteiger partial charge in [-0.2, -0.15) is 0 Å². The van der Waals surface area contributed by atoms with Gasteiger partial charge in [-0.05, 0) is 28.7 Å². The minimum absolute atomic E-state index is 0.0297. The van der Waals surface area contributed by atoms with Crippen LogP contribution in [0.5, 0.6) is 0 Å². The number of nitrogens with one attached hydrogen (secondary N) is 2. The number of carboxylic acid groups (broad SMARTS) is 1. The molecular formula is C24H24F2N2O5. The van der Waals surface area contributed by atoms with Crippen molar-refractivity contribution in [1.82, 2.24) is 10.6 Å². The van der Waals surface area contributed by atoms with Crippen molar-refractivity contribution in [3.8, 4) is 11.1 Å². The van der Waals surface area contributed by atoms with Gasteiger partial charge < -0.3 is 20.5 Å². The first-order valence-electron chi connectivity index (χ1n) is 10.7. The third-order valence-corrected chi connectivity index (χ3v) is 6.04. The van der Waals surface area contributed by atoms with Gasteiger partial charge in [0.25, 0.3) is 5.92 Å². The van der Waals surface area contributed by atoms with Gasteiger partial charge in [0, 0.05) is 31.2 Å². The lowest BCUT2D eigenvalue weighted by atomic mass is 9.88. The van der Waals surface area contributed by atoms with Crippen molar-refractivity contribution in [2.75, 3.05) is 6.61 Å². The van der Waals surface area contributed by atoms with Gasteiger partial charge in [0.2, 0.25) is 5.91 Å². The van der Waals surface area contributed by atoms with Gasteiger partial charge in [0.1, 0.15) is 12.6 Å². The van der Waals surface area contributed by atoms with Crippen molar-refractivity contribution < 1.29 is 33.0 Å². The number of rotatable bonds is 8. The monoisotopic (exact) mass is 458 g/mol. The number of aliphatic carboxylic acids is 1. The number of fused-ring (bicyclic) bond motifs is 3. The molecule has 4 rings (SSSR count). The van der Waals surface area contributed by atoms with E-state index < -0.39 is 48.8 Å². The lowest BCUT2D eigenvalue weighted by Crippen LogP contribution is -2.56. The Kier molecular flexibility index (Phi) is 6.31. The van der Waals surface area contributed by atoms with Crippen LogP contribution in [0.15, 0.2) is 48.5 Å². The molecule has 2 aliphatic carbocycles. The highest BCUT2D eigenvalue weighted by Gasteiger charge is 2.46. The van der Waals surface area contributed by atoms with E-state index in [1.54, 1.807) is 0 Å². The van der Waals surface area contributed by atoms with Crippen LogP contribution < -0.4 is 10.6 Å². The van der Waals surface area contributed by atoms with Gasteiger partial charge >= 0.3 is 12.1 Å². The fourth-order valence-electron chi connectivity index (χ4n) is 4.38. The van der Waals surface area contributed by atoms with E-state index in [-0.39, 0.29) is 25.4 Å². The predicted octanol–water partition coefficient (Wildman–Crippen LogP) is 3.67. The number of hydrogen-bond acceptors (Lipinski definition) is 4. The second kappa shape index (κ2) is 9.17. The van der Waals surface area contributed by atoms with Crippen molar-refractivity contribution in [2.45, 2.75) is 49.6 Å². The number of carboxylic acids is 1. The third kappa shape index (κ3) is 5.13. The second-order valence-electron chi connectivity index (χ2n) is 8.42. The quantitative estimate of drug-likeness (QED) is 0.560. The summed E-state index contributed by atoms with van der Waals surface area (Å²) < 4.78 is 31.5. The number of alkyl halides is 2. The first-order valence-corrected chi connectivity index (χ1v) is 10.7. The molecule has 0 bridgehead atoms. The Balaban J connectivity index is 1.38. The molecule has 2 amide bonds. The van der Waals surface area contributed by atoms with Crippen LogP contribution in [0.4, 0.5) is 13.6 Å². The highest BCUT2D eigenvalue weighted by Crippen LogP contribution is 2.44. The molecule has 7 nitrogen and oxygen atoms in total. The van der Waals surface area contributed by atoms with Gasteiger partial charge in [0.15, 0.2) is 0 Å². The lowest BCUT2D eigenvalue weighted by molar-refractivity contribution is -0.137. The molecule has 1 fully saturated rings. The zero-order valence-corrected chi connectivity index (χ0v) is 17.7. The molecular weight excluding hydrogens is 434 g/mol. The highest BCUT2D eigenvalue weighted by molar-refractivity contribution is 5.86. The zero-order chi connectivity index (χ0) is 23.6. The van der Waals surface area contributed by atoms with Crippen LogP contribution in [0, 0.1) is 0 Å². The fraction of sp³-hybridized carbons (Fsp3) is 0.375. The normalized spacial score (nSPS) is 17.3. The summed E-state index contributed by atoms with van der Waals surface area (Å²) in [5.74, 6) is -4.83. The molecule has 0 spiro atoms. The standard InChI is InChI=1S/C24H24F2N2O5/c25-24(26)11-14(12-24)27-22(31)20(9-10-21(29)30)28-23(32)33-13-19-17-7-3-1-5-15(17)16-6-2-4-8-18(16)19/h1-8,14,19-20H,9-13H2,(H,27,31)(H,28,32)(H,29,30). The molecule has 3 N–H and O–H groups in total. The van der Waals surface area contributed by atoms with Crippen molar-refractivity contribution in [3.05, 3.63) is 59.7 Å². The molecule has 0 aliphatic heterocycles. The van der Waals surface area contributed by atoms with E-state index in [2.05, 4.69) is 10.6 Å². The molecule has 174 valence electrons. The maximum Gasteiger partial charge on any atom is 0.407 e. The number of halogens is 2. The zero-order valence-electron chi connectivity index (χ0n) is 17.7. The Morgan fingerprint density at radius 1 is 1.03 bits per heavy atom. The molecule has 2 aromatic carbocycles. The minimum Gasteiger partial charge on any atom is -0.481 e. The van der Waals surface area contributed by atoms with Crippen molar-refractivity contribution in [3.63, 3.8) is 0 Å². The van der Waals surface area contributed by atoms with Crippen molar-refractivity contribution in [1.29, 1.82) is 0 Å². The van der Waals surface area contributed by atoms with E-state index >= 15 is 0 Å². The van der Waals surface area contributed by atoms with Crippen LogP contribution >= 0.6 is 0 Å². The van der Waals surface area contributed by atoms with E-state index in [9.17, 15) is 23.2 Å². The molecule has 1 unspecified atom stereocenters. The number of carbonyl (C=O) groups is 3. The van der Waals surface area contributed by atoms with Gasteiger partial charge in [-0.1, -0.05) is 48.5 Å². The summed E-state index contributed by atoms with van der Waals surface area (Å²) in [6.45, 7) is 0.0297. The van der Waals surface area contributed by atoms with Gasteiger partial charge in [-0.3, -0.25) is 9.59 Å². The maximum absolute atomic E-state index is 13.0. The summed E-state index contributed by atoms with van der Waals surface area (Å²) >= 11 is 0. The predicted molar refractivity (Wildman–Crippen MR) is 115 cm³/mol. The summed E-state index contributed by atoms with van der Waals surface area (Å²) in [5.41, 5.74) is 4.19. The fourth-order valence-corrected chi connectivity index (χ4v) is 4.38. The topological polar surface area (TPSA) is 105 Å². The molecule has 1 saturated carbocycles. The number of alkyl carbamates (subject to hydrolysis) is 1. The van der Waals surface area contributed by atoms with Crippen molar-refractivity contribution >= 4 is 18.0 Å². The van der Waals surface area contributed by atoms with E-state index in [4.69, 9.17) is 9.84 Å². The van der Waals surface area contributed by atoms with Crippen LogP contribution in [0.1, 0.15) is 42.7 Å². The number of ether oxygens (including phenoxy) is 1. The molecule has 0 saturated heterocycles. The molecule has 0 heterocycles. The van der Waals surface area contributed by atoms with Crippen LogP contribution in [-0.4, -0.2) is 47.7 Å². The molecule has 2 aliphatic rings. The SMILES string of the molecule is O=C(O)CCC(NC(=O)OCC1c2ccccc2-c2ccccc21)C(=O)NC1CC(F)(F)C1. The molecule has 33 heavy (non-hydrogen) atoms. The van der Waals surface area contributed by atoms with E-state index in [1.807, 2.05) is 48.5 Å². The maximum atomic E-state index is 13.0. The van der Waals surface area contributed by atoms with Crippen LogP contribution in [-0.2, 0) is 14.3 Å². The Morgan fingerprint density at radius 2 is 1.61 bits per heavy atom. The number of hydrogen-bond donors (Lipinski definition) is 3. The molecule has 1 atom stereocenters. The molecule has 2 aromatic rings. The summed E-state index contributed by atoms with van der Waals surface area (Å²) in [6, 6.07) is 13.7. The Labute approximate surface area is 189 Å². The summed E-state index contributed by atoms with van der Waals surface area (Å²) in [4.78, 5) is 35.9. The average Bonchev–Trinajstić information content (AvgIpc) is 3.07. The number of benzene rings is 2.